The first-order valence-electron chi connectivity index (χ1n) is 5.13. The Morgan fingerprint density at radius 2 is 2.24 bits per heavy atom. The average molecular weight is 245 g/mol. The van der Waals surface area contributed by atoms with Crippen molar-refractivity contribution in [1.82, 2.24) is 10.6 Å². The normalized spacial score (nSPS) is 21.5. The first-order valence-corrected chi connectivity index (χ1v) is 5.13. The molecule has 1 fully saturated rings. The smallest absolute Gasteiger partial charge is 0.326 e. The summed E-state index contributed by atoms with van der Waals surface area (Å²) < 4.78 is 5.06. The lowest BCUT2D eigenvalue weighted by Gasteiger charge is -2.24. The third-order valence-corrected chi connectivity index (χ3v) is 2.26. The fraction of sp³-hybridized carbons (Fsp3) is 0.667. The number of aliphatic carboxylic acids is 1. The number of primary amides is 1. The number of ether oxygens (including phenoxy) is 1. The molecule has 2 atom stereocenters. The number of hydrogen-bond donors (Lipinski definition) is 4. The molecule has 2 unspecified atom stereocenters. The van der Waals surface area contributed by atoms with Gasteiger partial charge in [0.05, 0.1) is 19.6 Å². The summed E-state index contributed by atoms with van der Waals surface area (Å²) >= 11 is 0. The molecule has 8 heteroatoms. The third-order valence-electron chi connectivity index (χ3n) is 2.26. The van der Waals surface area contributed by atoms with Gasteiger partial charge in [0.15, 0.2) is 0 Å². The van der Waals surface area contributed by atoms with Crippen molar-refractivity contribution >= 4 is 17.8 Å². The monoisotopic (exact) mass is 245 g/mol. The second kappa shape index (κ2) is 6.16. The molecule has 0 aromatic carbocycles. The molecule has 0 radical (unpaired) electrons. The highest BCUT2D eigenvalue weighted by atomic mass is 16.5. The van der Waals surface area contributed by atoms with E-state index >= 15 is 0 Å². The Bertz CT molecular complexity index is 314. The largest absolute Gasteiger partial charge is 0.480 e. The van der Waals surface area contributed by atoms with E-state index in [0.717, 1.165) is 0 Å². The molecule has 0 aliphatic carbocycles. The number of nitrogens with one attached hydrogen (secondary N) is 2. The van der Waals surface area contributed by atoms with Crippen LogP contribution in [0.3, 0.4) is 0 Å². The van der Waals surface area contributed by atoms with E-state index in [-0.39, 0.29) is 6.61 Å². The fourth-order valence-electron chi connectivity index (χ4n) is 1.41. The summed E-state index contributed by atoms with van der Waals surface area (Å²) in [5, 5.41) is 13.9. The minimum absolute atomic E-state index is 0.175. The van der Waals surface area contributed by atoms with Crippen molar-refractivity contribution in [3.8, 4) is 0 Å². The lowest BCUT2D eigenvalue weighted by molar-refractivity contribution is -0.144. The zero-order valence-electron chi connectivity index (χ0n) is 9.14. The van der Waals surface area contributed by atoms with Gasteiger partial charge in [-0.25, -0.2) is 4.79 Å². The van der Waals surface area contributed by atoms with Crippen LogP contribution in [-0.2, 0) is 19.1 Å². The number of hydrogen-bond acceptors (Lipinski definition) is 5. The first kappa shape index (κ1) is 13.4. The van der Waals surface area contributed by atoms with Crippen LogP contribution >= 0.6 is 0 Å². The molecule has 0 bridgehead atoms. The van der Waals surface area contributed by atoms with Crippen LogP contribution in [-0.4, -0.2) is 54.7 Å². The summed E-state index contributed by atoms with van der Waals surface area (Å²) in [4.78, 5) is 33.0. The number of morpholine rings is 1. The van der Waals surface area contributed by atoms with E-state index in [1.807, 2.05) is 0 Å². The van der Waals surface area contributed by atoms with E-state index in [1.165, 1.54) is 0 Å². The van der Waals surface area contributed by atoms with E-state index in [1.54, 1.807) is 0 Å². The van der Waals surface area contributed by atoms with Crippen LogP contribution in [0.25, 0.3) is 0 Å². The fourth-order valence-corrected chi connectivity index (χ4v) is 1.41. The van der Waals surface area contributed by atoms with Crippen molar-refractivity contribution < 1.29 is 24.2 Å². The van der Waals surface area contributed by atoms with Crippen molar-refractivity contribution in [2.45, 2.75) is 18.5 Å². The van der Waals surface area contributed by atoms with E-state index < -0.39 is 36.3 Å². The van der Waals surface area contributed by atoms with Crippen LogP contribution in [0, 0.1) is 0 Å². The van der Waals surface area contributed by atoms with Crippen molar-refractivity contribution in [2.24, 2.45) is 5.73 Å². The summed E-state index contributed by atoms with van der Waals surface area (Å²) in [6.45, 7) is 1.20. The Labute approximate surface area is 97.5 Å². The summed E-state index contributed by atoms with van der Waals surface area (Å²) in [6, 6.07) is -1.90. The van der Waals surface area contributed by atoms with Gasteiger partial charge in [-0.15, -0.1) is 0 Å². The number of nitrogens with two attached hydrogens (primary N) is 1. The Hall–Kier alpha value is -1.67. The molecule has 96 valence electrons. The number of carboxylic acids is 1. The van der Waals surface area contributed by atoms with Gasteiger partial charge >= 0.3 is 5.97 Å². The van der Waals surface area contributed by atoms with Gasteiger partial charge in [-0.3, -0.25) is 9.59 Å². The maximum absolute atomic E-state index is 11.6. The number of carboxylic acid groups (broad SMARTS) is 1. The summed E-state index contributed by atoms with van der Waals surface area (Å²) in [7, 11) is 0. The van der Waals surface area contributed by atoms with Gasteiger partial charge in [-0.2, -0.15) is 0 Å². The molecule has 0 aromatic rings. The highest BCUT2D eigenvalue weighted by Crippen LogP contribution is 1.97. The molecule has 1 saturated heterocycles. The van der Waals surface area contributed by atoms with Crippen molar-refractivity contribution in [1.29, 1.82) is 0 Å². The topological polar surface area (TPSA) is 131 Å². The molecule has 5 N–H and O–H groups in total. The molecule has 1 aliphatic rings. The van der Waals surface area contributed by atoms with Gasteiger partial charge in [0.2, 0.25) is 11.8 Å². The molecule has 1 aliphatic heterocycles. The van der Waals surface area contributed by atoms with Crippen molar-refractivity contribution in [3.05, 3.63) is 0 Å². The van der Waals surface area contributed by atoms with Gasteiger partial charge in [0.1, 0.15) is 12.1 Å². The van der Waals surface area contributed by atoms with Crippen molar-refractivity contribution in [2.75, 3.05) is 19.8 Å². The summed E-state index contributed by atoms with van der Waals surface area (Å²) in [5.41, 5.74) is 4.89. The molecular weight excluding hydrogens is 230 g/mol. The molecule has 17 heavy (non-hydrogen) atoms. The lowest BCUT2D eigenvalue weighted by Crippen LogP contribution is -2.55. The summed E-state index contributed by atoms with van der Waals surface area (Å²) in [6.07, 6.45) is -0.436. The van der Waals surface area contributed by atoms with Crippen LogP contribution in [0.1, 0.15) is 6.42 Å². The first-order chi connectivity index (χ1) is 8.00. The van der Waals surface area contributed by atoms with Crippen LogP contribution < -0.4 is 16.4 Å². The molecule has 0 saturated carbocycles. The van der Waals surface area contributed by atoms with Gasteiger partial charge < -0.3 is 26.2 Å². The molecule has 0 spiro atoms. The number of amides is 2. The number of carbonyl (C=O) groups excluding carboxylic acids is 2. The standard InChI is InChI=1S/C9H15N3O5/c10-7(13)3-5(9(15)16)12-8(14)6-4-17-2-1-11-6/h5-6,11H,1-4H2,(H2,10,13)(H,12,14)(H,15,16). The second-order valence-electron chi connectivity index (χ2n) is 3.65. The van der Waals surface area contributed by atoms with Gasteiger partial charge in [-0.1, -0.05) is 0 Å². The van der Waals surface area contributed by atoms with E-state index in [2.05, 4.69) is 10.6 Å². The Morgan fingerprint density at radius 3 is 2.71 bits per heavy atom. The quantitative estimate of drug-likeness (QED) is 0.421. The maximum Gasteiger partial charge on any atom is 0.326 e. The van der Waals surface area contributed by atoms with Crippen molar-refractivity contribution in [3.63, 3.8) is 0 Å². The lowest BCUT2D eigenvalue weighted by atomic mass is 10.1. The highest BCUT2D eigenvalue weighted by molar-refractivity contribution is 5.90. The highest BCUT2D eigenvalue weighted by Gasteiger charge is 2.27. The van der Waals surface area contributed by atoms with E-state index in [0.29, 0.717) is 13.2 Å². The van der Waals surface area contributed by atoms with Gasteiger partial charge in [0.25, 0.3) is 0 Å². The predicted molar refractivity (Wildman–Crippen MR) is 56.0 cm³/mol. The minimum Gasteiger partial charge on any atom is -0.480 e. The zero-order valence-corrected chi connectivity index (χ0v) is 9.14. The van der Waals surface area contributed by atoms with Gasteiger partial charge in [0, 0.05) is 6.54 Å². The second-order valence-corrected chi connectivity index (χ2v) is 3.65. The Balaban J connectivity index is 2.50. The molecule has 1 heterocycles. The molecule has 2 amide bonds. The molecule has 0 aromatic heterocycles. The molecule has 1 rings (SSSR count). The van der Waals surface area contributed by atoms with Crippen LogP contribution in [0.2, 0.25) is 0 Å². The average Bonchev–Trinajstić information content (AvgIpc) is 2.28. The van der Waals surface area contributed by atoms with Crippen LogP contribution in [0.15, 0.2) is 0 Å². The van der Waals surface area contributed by atoms with Gasteiger partial charge in [-0.05, 0) is 0 Å². The maximum atomic E-state index is 11.6. The van der Waals surface area contributed by atoms with Crippen LogP contribution in [0.5, 0.6) is 0 Å². The number of carbonyl (C=O) groups is 3. The van der Waals surface area contributed by atoms with E-state index in [9.17, 15) is 14.4 Å². The van der Waals surface area contributed by atoms with E-state index in [4.69, 9.17) is 15.6 Å². The third kappa shape index (κ3) is 4.37. The minimum atomic E-state index is -1.30. The number of rotatable bonds is 5. The zero-order chi connectivity index (χ0) is 12.8. The van der Waals surface area contributed by atoms with Crippen LogP contribution in [0.4, 0.5) is 0 Å². The summed E-state index contributed by atoms with van der Waals surface area (Å²) in [5.74, 6) is -2.60. The predicted octanol–water partition coefficient (Wildman–Crippen LogP) is -2.58. The Morgan fingerprint density at radius 1 is 1.53 bits per heavy atom. The Kier molecular flexibility index (Phi) is 4.85. The molecule has 8 nitrogen and oxygen atoms in total. The SMILES string of the molecule is NC(=O)CC(NC(=O)C1COCCN1)C(=O)O. The molecular formula is C9H15N3O5.